The Labute approximate surface area is 101 Å². The second-order valence-electron chi connectivity index (χ2n) is 4.28. The Morgan fingerprint density at radius 1 is 1.39 bits per heavy atom. The lowest BCUT2D eigenvalue weighted by molar-refractivity contribution is -0.0322. The summed E-state index contributed by atoms with van der Waals surface area (Å²) < 4.78 is 27.4. The normalized spacial score (nSPS) is 23.1. The Kier molecular flexibility index (Phi) is 2.58. The molecule has 8 heteroatoms. The van der Waals surface area contributed by atoms with Gasteiger partial charge < -0.3 is 10.6 Å². The molecule has 3 heterocycles. The van der Waals surface area contributed by atoms with Crippen molar-refractivity contribution in [3.63, 3.8) is 0 Å². The van der Waals surface area contributed by atoms with Crippen LogP contribution in [0.2, 0.25) is 0 Å². The zero-order valence-electron chi connectivity index (χ0n) is 9.45. The van der Waals surface area contributed by atoms with Crippen LogP contribution in [0.4, 0.5) is 14.6 Å². The fraction of sp³-hybridized carbons (Fsp3) is 0.500. The highest BCUT2D eigenvalue weighted by Crippen LogP contribution is 2.27. The topological polar surface area (TPSA) is 78.5 Å². The number of nitrogens with zero attached hydrogens (tertiary/aromatic N) is 3. The number of alkyl halides is 2. The molecule has 0 radical (unpaired) electrons. The first kappa shape index (κ1) is 11.3. The van der Waals surface area contributed by atoms with Crippen LogP contribution in [0.15, 0.2) is 12.5 Å². The van der Waals surface area contributed by atoms with E-state index in [0.717, 1.165) is 0 Å². The van der Waals surface area contributed by atoms with E-state index in [0.29, 0.717) is 29.8 Å². The second-order valence-corrected chi connectivity index (χ2v) is 4.28. The maximum absolute atomic E-state index is 13.7. The van der Waals surface area contributed by atoms with Crippen LogP contribution in [0, 0.1) is 0 Å². The first-order valence-electron chi connectivity index (χ1n) is 5.66. The van der Waals surface area contributed by atoms with Crippen molar-refractivity contribution >= 4 is 16.9 Å². The molecular weight excluding hydrogens is 242 g/mol. The quantitative estimate of drug-likeness (QED) is 0.737. The van der Waals surface area contributed by atoms with Crippen molar-refractivity contribution in [3.05, 3.63) is 12.5 Å². The first-order chi connectivity index (χ1) is 8.67. The van der Waals surface area contributed by atoms with Crippen LogP contribution in [0.1, 0.15) is 6.42 Å². The van der Waals surface area contributed by atoms with E-state index in [4.69, 9.17) is 0 Å². The van der Waals surface area contributed by atoms with Gasteiger partial charge in [0.2, 0.25) is 0 Å². The third-order valence-electron chi connectivity index (χ3n) is 3.04. The number of aromatic nitrogens is 4. The summed E-state index contributed by atoms with van der Waals surface area (Å²) in [4.78, 5) is 7.97. The van der Waals surface area contributed by atoms with Gasteiger partial charge in [0.05, 0.1) is 24.2 Å². The largest absolute Gasteiger partial charge is 0.360 e. The molecule has 3 rings (SSSR count). The lowest BCUT2D eigenvalue weighted by atomic mass is 10.0. The molecule has 1 fully saturated rings. The molecule has 2 aromatic heterocycles. The van der Waals surface area contributed by atoms with E-state index in [1.54, 1.807) is 0 Å². The standard InChI is InChI=1S/C10H12F2N6/c11-10(12)4-13-2-1-7(10)17-8-6-3-16-18-9(6)15-5-14-8/h3,5,7,13H,1-2,4H2,(H2,14,15,16,17,18). The van der Waals surface area contributed by atoms with Crippen LogP contribution in [-0.4, -0.2) is 45.2 Å². The molecule has 2 aromatic rings. The third kappa shape index (κ3) is 1.88. The van der Waals surface area contributed by atoms with Crippen LogP contribution in [0.5, 0.6) is 0 Å². The van der Waals surface area contributed by atoms with Crippen LogP contribution in [0.3, 0.4) is 0 Å². The Morgan fingerprint density at radius 2 is 2.28 bits per heavy atom. The molecule has 6 nitrogen and oxygen atoms in total. The van der Waals surface area contributed by atoms with Gasteiger partial charge in [-0.25, -0.2) is 18.7 Å². The van der Waals surface area contributed by atoms with Crippen LogP contribution >= 0.6 is 0 Å². The molecular formula is C10H12F2N6. The number of aromatic amines is 1. The Hall–Kier alpha value is -1.83. The van der Waals surface area contributed by atoms with Crippen molar-refractivity contribution in [3.8, 4) is 0 Å². The lowest BCUT2D eigenvalue weighted by Gasteiger charge is -2.32. The average molecular weight is 254 g/mol. The maximum Gasteiger partial charge on any atom is 0.279 e. The van der Waals surface area contributed by atoms with Gasteiger partial charge in [-0.3, -0.25) is 5.10 Å². The van der Waals surface area contributed by atoms with Crippen LogP contribution < -0.4 is 10.6 Å². The van der Waals surface area contributed by atoms with Gasteiger partial charge in [0.15, 0.2) is 5.65 Å². The highest BCUT2D eigenvalue weighted by Gasteiger charge is 2.41. The van der Waals surface area contributed by atoms with E-state index in [9.17, 15) is 8.78 Å². The highest BCUT2D eigenvalue weighted by atomic mass is 19.3. The van der Waals surface area contributed by atoms with E-state index in [-0.39, 0.29) is 6.54 Å². The van der Waals surface area contributed by atoms with E-state index in [1.165, 1.54) is 12.5 Å². The van der Waals surface area contributed by atoms with Crippen molar-refractivity contribution in [1.82, 2.24) is 25.5 Å². The second kappa shape index (κ2) is 4.13. The number of H-pyrrole nitrogens is 1. The summed E-state index contributed by atoms with van der Waals surface area (Å²) in [6.45, 7) is 0.247. The van der Waals surface area contributed by atoms with E-state index >= 15 is 0 Å². The Bertz CT molecular complexity index is 554. The van der Waals surface area contributed by atoms with Crippen molar-refractivity contribution in [2.75, 3.05) is 18.4 Å². The number of fused-ring (bicyclic) bond motifs is 1. The number of nitrogens with one attached hydrogen (secondary N) is 3. The Morgan fingerprint density at radius 3 is 3.11 bits per heavy atom. The molecule has 0 bridgehead atoms. The summed E-state index contributed by atoms with van der Waals surface area (Å²) in [5, 5.41) is 12.6. The monoisotopic (exact) mass is 254 g/mol. The predicted molar refractivity (Wildman–Crippen MR) is 61.5 cm³/mol. The number of halogens is 2. The van der Waals surface area contributed by atoms with Crippen molar-refractivity contribution in [2.24, 2.45) is 0 Å². The molecule has 0 aromatic carbocycles. The summed E-state index contributed by atoms with van der Waals surface area (Å²) in [6.07, 6.45) is 3.19. The molecule has 1 unspecified atom stereocenters. The van der Waals surface area contributed by atoms with Crippen molar-refractivity contribution in [1.29, 1.82) is 0 Å². The summed E-state index contributed by atoms with van der Waals surface area (Å²) in [7, 11) is 0. The summed E-state index contributed by atoms with van der Waals surface area (Å²) in [6, 6.07) is -0.924. The number of rotatable bonds is 2. The molecule has 1 atom stereocenters. The average Bonchev–Trinajstić information content (AvgIpc) is 2.81. The fourth-order valence-corrected chi connectivity index (χ4v) is 2.06. The molecule has 1 saturated heterocycles. The lowest BCUT2D eigenvalue weighted by Crippen LogP contribution is -2.52. The SMILES string of the molecule is FC1(F)CNCCC1Nc1ncnc2[nH]ncc12. The van der Waals surface area contributed by atoms with Gasteiger partial charge in [0, 0.05) is 0 Å². The zero-order chi connectivity index (χ0) is 12.6. The number of anilines is 1. The minimum atomic E-state index is -2.79. The third-order valence-corrected chi connectivity index (χ3v) is 3.04. The van der Waals surface area contributed by atoms with Gasteiger partial charge in [-0.15, -0.1) is 0 Å². The van der Waals surface area contributed by atoms with E-state index < -0.39 is 12.0 Å². The van der Waals surface area contributed by atoms with E-state index in [2.05, 4.69) is 30.8 Å². The van der Waals surface area contributed by atoms with Gasteiger partial charge in [-0.1, -0.05) is 0 Å². The minimum absolute atomic E-state index is 0.315. The Balaban J connectivity index is 1.89. The molecule has 0 spiro atoms. The van der Waals surface area contributed by atoms with Gasteiger partial charge in [0.25, 0.3) is 5.92 Å². The van der Waals surface area contributed by atoms with Crippen molar-refractivity contribution in [2.45, 2.75) is 18.4 Å². The first-order valence-corrected chi connectivity index (χ1v) is 5.66. The molecule has 96 valence electrons. The molecule has 0 amide bonds. The van der Waals surface area contributed by atoms with Gasteiger partial charge in [0.1, 0.15) is 12.1 Å². The molecule has 3 N–H and O–H groups in total. The zero-order valence-corrected chi connectivity index (χ0v) is 9.45. The highest BCUT2D eigenvalue weighted by molar-refractivity contribution is 5.85. The smallest absolute Gasteiger partial charge is 0.279 e. The molecule has 18 heavy (non-hydrogen) atoms. The molecule has 0 saturated carbocycles. The van der Waals surface area contributed by atoms with Crippen LogP contribution in [-0.2, 0) is 0 Å². The maximum atomic E-state index is 13.7. The van der Waals surface area contributed by atoms with Crippen LogP contribution in [0.25, 0.3) is 11.0 Å². The molecule has 0 aliphatic carbocycles. The van der Waals surface area contributed by atoms with Gasteiger partial charge in [-0.05, 0) is 13.0 Å². The van der Waals surface area contributed by atoms with Gasteiger partial charge >= 0.3 is 0 Å². The predicted octanol–water partition coefficient (Wildman–Crippen LogP) is 0.762. The molecule has 1 aliphatic heterocycles. The van der Waals surface area contributed by atoms with E-state index in [1.807, 2.05) is 0 Å². The number of hydrogen-bond acceptors (Lipinski definition) is 5. The van der Waals surface area contributed by atoms with Crippen molar-refractivity contribution < 1.29 is 8.78 Å². The fourth-order valence-electron chi connectivity index (χ4n) is 2.06. The summed E-state index contributed by atoms with van der Waals surface area (Å²) in [5.74, 6) is -2.40. The molecule has 1 aliphatic rings. The minimum Gasteiger partial charge on any atom is -0.360 e. The summed E-state index contributed by atoms with van der Waals surface area (Å²) >= 11 is 0. The van der Waals surface area contributed by atoms with Gasteiger partial charge in [-0.2, -0.15) is 5.10 Å². The number of piperidine rings is 1. The summed E-state index contributed by atoms with van der Waals surface area (Å²) in [5.41, 5.74) is 0.532. The number of hydrogen-bond donors (Lipinski definition) is 3.